The summed E-state index contributed by atoms with van der Waals surface area (Å²) in [6.45, 7) is 14.1. The number of hydrogen-bond donors (Lipinski definition) is 2. The molecule has 2 aromatic heterocycles. The highest BCUT2D eigenvalue weighted by molar-refractivity contribution is 7.14. The van der Waals surface area contributed by atoms with Gasteiger partial charge in [0, 0.05) is 43.2 Å². The van der Waals surface area contributed by atoms with Crippen molar-refractivity contribution < 1.29 is 9.84 Å². The monoisotopic (exact) mass is 524 g/mol. The second kappa shape index (κ2) is 14.5. The number of aromatic nitrogens is 3. The number of halogens is 1. The number of pyridine rings is 1. The van der Waals surface area contributed by atoms with Crippen LogP contribution in [-0.4, -0.2) is 46.2 Å². The number of fused-ring (bicyclic) bond motifs is 2. The largest absolute Gasteiger partial charge is 0.396 e. The van der Waals surface area contributed by atoms with E-state index in [1.807, 2.05) is 33.8 Å². The van der Waals surface area contributed by atoms with Gasteiger partial charge in [-0.05, 0) is 56.4 Å². The van der Waals surface area contributed by atoms with Crippen molar-refractivity contribution in [2.45, 2.75) is 104 Å². The average molecular weight is 525 g/mol. The van der Waals surface area contributed by atoms with Crippen molar-refractivity contribution in [2.24, 2.45) is 5.41 Å². The van der Waals surface area contributed by atoms with Gasteiger partial charge in [-0.1, -0.05) is 70.9 Å². The Hall–Kier alpha value is -1.28. The van der Waals surface area contributed by atoms with Gasteiger partial charge in [-0.15, -0.1) is 10.2 Å². The van der Waals surface area contributed by atoms with E-state index in [2.05, 4.69) is 34.3 Å². The third-order valence-corrected chi connectivity index (χ3v) is 8.29. The first kappa shape index (κ1) is 29.9. The van der Waals surface area contributed by atoms with Gasteiger partial charge >= 0.3 is 0 Å². The summed E-state index contributed by atoms with van der Waals surface area (Å²) in [4.78, 5) is 4.29. The lowest BCUT2D eigenvalue weighted by Gasteiger charge is -2.25. The predicted molar refractivity (Wildman–Crippen MR) is 149 cm³/mol. The summed E-state index contributed by atoms with van der Waals surface area (Å²) in [6, 6.07) is 2.25. The minimum atomic E-state index is 0.104. The van der Waals surface area contributed by atoms with Crippen molar-refractivity contribution >= 4 is 28.6 Å². The second-order valence-electron chi connectivity index (χ2n) is 9.32. The lowest BCUT2D eigenvalue weighted by Crippen LogP contribution is -2.28. The number of aliphatic hydroxyl groups excluding tert-OH is 1. The van der Waals surface area contributed by atoms with Crippen LogP contribution in [0.1, 0.15) is 97.9 Å². The fraction of sp³-hybridized carbons (Fsp3) is 0.741. The first-order chi connectivity index (χ1) is 17.0. The van der Waals surface area contributed by atoms with Gasteiger partial charge in [-0.3, -0.25) is 0 Å². The van der Waals surface area contributed by atoms with Crippen molar-refractivity contribution in [3.63, 3.8) is 0 Å². The Bertz CT molecular complexity index is 878. The normalized spacial score (nSPS) is 24.9. The summed E-state index contributed by atoms with van der Waals surface area (Å²) in [5.41, 5.74) is 2.14. The Morgan fingerprint density at radius 1 is 1.09 bits per heavy atom. The van der Waals surface area contributed by atoms with Gasteiger partial charge in [0.1, 0.15) is 10.2 Å². The molecular formula is C27H45ClN4O2S. The molecule has 2 saturated carbocycles. The smallest absolute Gasteiger partial charge is 0.151 e. The van der Waals surface area contributed by atoms with Crippen LogP contribution in [0, 0.1) is 5.41 Å². The molecule has 198 valence electrons. The van der Waals surface area contributed by atoms with Gasteiger partial charge in [0.15, 0.2) is 5.01 Å². The van der Waals surface area contributed by atoms with Crippen LogP contribution in [0.3, 0.4) is 0 Å². The van der Waals surface area contributed by atoms with Crippen molar-refractivity contribution in [1.82, 2.24) is 15.2 Å². The molecule has 35 heavy (non-hydrogen) atoms. The van der Waals surface area contributed by atoms with E-state index in [1.165, 1.54) is 6.42 Å². The highest BCUT2D eigenvalue weighted by Crippen LogP contribution is 2.62. The third-order valence-electron chi connectivity index (χ3n) is 6.88. The van der Waals surface area contributed by atoms with Gasteiger partial charge in [-0.25, -0.2) is 4.98 Å². The molecule has 3 fully saturated rings. The fourth-order valence-corrected chi connectivity index (χ4v) is 6.43. The molecule has 1 aliphatic heterocycles. The number of nitrogens with zero attached hydrogens (tertiary/aromatic N) is 3. The molecule has 2 aliphatic carbocycles. The van der Waals surface area contributed by atoms with Crippen LogP contribution >= 0.6 is 22.9 Å². The molecule has 0 radical (unpaired) electrons. The molecule has 0 spiro atoms. The number of anilines is 1. The van der Waals surface area contributed by atoms with Crippen LogP contribution in [-0.2, 0) is 10.2 Å². The highest BCUT2D eigenvalue weighted by atomic mass is 35.5. The van der Waals surface area contributed by atoms with Crippen molar-refractivity contribution in [2.75, 3.05) is 25.1 Å². The molecule has 0 atom stereocenters. The molecule has 3 heterocycles. The maximum absolute atomic E-state index is 9.84. The quantitative estimate of drug-likeness (QED) is 0.394. The predicted octanol–water partition coefficient (Wildman–Crippen LogP) is 7.51. The molecule has 0 unspecified atom stereocenters. The van der Waals surface area contributed by atoms with Gasteiger partial charge < -0.3 is 15.2 Å². The molecule has 5 rings (SSSR count). The number of rotatable bonds is 5. The zero-order valence-corrected chi connectivity index (χ0v) is 24.1. The standard InChI is InChI=1S/C20H25ClN4O2S.C3H8.2C2H6/c21-16-9-15(23-13-1-7-27-8-2-13)14(10-22-16)17-24-25-18(28-17)20-5-3-19(11-20,12-26)4-6-20;1-3-2;2*1-2/h9-10,13,26H,1-8,11-12H2,(H,22,23);3H2,1-2H3;2*1-2H3. The van der Waals surface area contributed by atoms with Crippen molar-refractivity contribution in [1.29, 1.82) is 0 Å². The topological polar surface area (TPSA) is 80.2 Å². The first-order valence-electron chi connectivity index (χ1n) is 13.5. The molecule has 1 saturated heterocycles. The lowest BCUT2D eigenvalue weighted by atomic mass is 9.83. The maximum atomic E-state index is 9.84. The summed E-state index contributed by atoms with van der Waals surface area (Å²) in [5.74, 6) is 0. The minimum Gasteiger partial charge on any atom is -0.396 e. The number of ether oxygens (including phenoxy) is 1. The highest BCUT2D eigenvalue weighted by Gasteiger charge is 2.56. The molecule has 2 N–H and O–H groups in total. The van der Waals surface area contributed by atoms with E-state index in [4.69, 9.17) is 16.3 Å². The van der Waals surface area contributed by atoms with E-state index in [1.54, 1.807) is 17.5 Å². The van der Waals surface area contributed by atoms with Crippen molar-refractivity contribution in [3.05, 3.63) is 22.4 Å². The van der Waals surface area contributed by atoms with Gasteiger partial charge in [0.2, 0.25) is 0 Å². The summed E-state index contributed by atoms with van der Waals surface area (Å²) in [7, 11) is 0. The average Bonchev–Trinajstić information content (AvgIpc) is 3.63. The molecule has 2 bridgehead atoms. The van der Waals surface area contributed by atoms with Crippen LogP contribution in [0.2, 0.25) is 5.15 Å². The summed E-state index contributed by atoms with van der Waals surface area (Å²) in [5, 5.41) is 25.1. The van der Waals surface area contributed by atoms with Crippen LogP contribution in [0.5, 0.6) is 0 Å². The van der Waals surface area contributed by atoms with E-state index < -0.39 is 0 Å². The van der Waals surface area contributed by atoms with Crippen LogP contribution in [0.4, 0.5) is 5.69 Å². The summed E-state index contributed by atoms with van der Waals surface area (Å²) < 4.78 is 5.46. The van der Waals surface area contributed by atoms with Crippen molar-refractivity contribution in [3.8, 4) is 10.6 Å². The Morgan fingerprint density at radius 2 is 1.71 bits per heavy atom. The summed E-state index contributed by atoms with van der Waals surface area (Å²) >= 11 is 7.85. The lowest BCUT2D eigenvalue weighted by molar-refractivity contribution is 0.0904. The SMILES string of the molecule is CC.CC.CCC.OCC12CCC(c3nnc(-c4cnc(Cl)cc4NC4CCOCC4)s3)(CC1)C2. The minimum absolute atomic E-state index is 0.104. The Kier molecular flexibility index (Phi) is 12.4. The van der Waals surface area contributed by atoms with Gasteiger partial charge in [0.25, 0.3) is 0 Å². The van der Waals surface area contributed by atoms with Crippen LogP contribution in [0.25, 0.3) is 10.6 Å². The first-order valence-corrected chi connectivity index (χ1v) is 14.7. The molecule has 3 aliphatic rings. The third kappa shape index (κ3) is 7.15. The second-order valence-corrected chi connectivity index (χ2v) is 10.7. The number of nitrogens with one attached hydrogen (secondary N) is 1. The van der Waals surface area contributed by atoms with E-state index in [0.29, 0.717) is 17.8 Å². The molecule has 0 amide bonds. The Labute approximate surface area is 221 Å². The van der Waals surface area contributed by atoms with Gasteiger partial charge in [-0.2, -0.15) is 0 Å². The molecule has 2 aromatic rings. The van der Waals surface area contributed by atoms with E-state index in [9.17, 15) is 5.11 Å². The van der Waals surface area contributed by atoms with E-state index in [-0.39, 0.29) is 10.8 Å². The number of hydrogen-bond acceptors (Lipinski definition) is 7. The van der Waals surface area contributed by atoms with Crippen LogP contribution < -0.4 is 5.32 Å². The number of aliphatic hydroxyl groups is 1. The molecular weight excluding hydrogens is 480 g/mol. The summed E-state index contributed by atoms with van der Waals surface area (Å²) in [6.07, 6.45) is 10.4. The van der Waals surface area contributed by atoms with Gasteiger partial charge in [0.05, 0.1) is 5.56 Å². The molecule has 0 aromatic carbocycles. The maximum Gasteiger partial charge on any atom is 0.151 e. The zero-order valence-electron chi connectivity index (χ0n) is 22.5. The van der Waals surface area contributed by atoms with E-state index in [0.717, 1.165) is 79.4 Å². The Balaban J connectivity index is 0.000000563. The fourth-order valence-electron chi connectivity index (χ4n) is 5.16. The molecule has 6 nitrogen and oxygen atoms in total. The Morgan fingerprint density at radius 3 is 2.29 bits per heavy atom. The van der Waals surface area contributed by atoms with E-state index >= 15 is 0 Å². The van der Waals surface area contributed by atoms with Crippen LogP contribution in [0.15, 0.2) is 12.3 Å². The zero-order chi connectivity index (χ0) is 25.9. The molecule has 8 heteroatoms.